The number of hydrogen-bond acceptors (Lipinski definition) is 6. The minimum Gasteiger partial charge on any atom is -0.421 e. The standard InChI is InChI=1S/C21H20N6O2/c1-14-12-15(2)27(26-14)18-9-8-17(13-22-18)23-19(28)10-11-20-24-25-21(29-20)16-6-4-3-5-7-16/h3-9,12-13H,10-11H2,1-2H3,(H,23,28). The Morgan fingerprint density at radius 1 is 1.10 bits per heavy atom. The highest BCUT2D eigenvalue weighted by atomic mass is 16.4. The number of carbonyl (C=O) groups excluding carboxylic acids is 1. The number of benzene rings is 1. The van der Waals surface area contributed by atoms with Gasteiger partial charge in [-0.3, -0.25) is 4.79 Å². The van der Waals surface area contributed by atoms with E-state index in [1.807, 2.05) is 56.3 Å². The van der Waals surface area contributed by atoms with Crippen LogP contribution in [0.4, 0.5) is 5.69 Å². The average Bonchev–Trinajstić information content (AvgIpc) is 3.34. The van der Waals surface area contributed by atoms with Crippen molar-refractivity contribution in [3.63, 3.8) is 0 Å². The van der Waals surface area contributed by atoms with Crippen LogP contribution in [0.1, 0.15) is 23.7 Å². The molecule has 3 heterocycles. The van der Waals surface area contributed by atoms with Gasteiger partial charge in [0, 0.05) is 24.1 Å². The number of carbonyl (C=O) groups is 1. The Bertz CT molecular complexity index is 1120. The molecular weight excluding hydrogens is 368 g/mol. The monoisotopic (exact) mass is 388 g/mol. The molecule has 8 heteroatoms. The molecule has 0 atom stereocenters. The van der Waals surface area contributed by atoms with Gasteiger partial charge in [0.25, 0.3) is 0 Å². The number of pyridine rings is 1. The van der Waals surface area contributed by atoms with Gasteiger partial charge in [0.15, 0.2) is 5.82 Å². The zero-order valence-corrected chi connectivity index (χ0v) is 16.2. The Labute approximate surface area is 167 Å². The van der Waals surface area contributed by atoms with E-state index in [1.54, 1.807) is 16.9 Å². The number of nitrogens with zero attached hydrogens (tertiary/aromatic N) is 5. The van der Waals surface area contributed by atoms with E-state index in [2.05, 4.69) is 25.6 Å². The zero-order valence-electron chi connectivity index (χ0n) is 16.2. The Morgan fingerprint density at radius 3 is 2.62 bits per heavy atom. The number of nitrogens with one attached hydrogen (secondary N) is 1. The van der Waals surface area contributed by atoms with E-state index in [9.17, 15) is 4.79 Å². The van der Waals surface area contributed by atoms with Crippen molar-refractivity contribution in [3.05, 3.63) is 72.0 Å². The first kappa shape index (κ1) is 18.5. The fraction of sp³-hybridized carbons (Fsp3) is 0.190. The van der Waals surface area contributed by atoms with Gasteiger partial charge in [0.05, 0.1) is 17.6 Å². The molecule has 1 aromatic carbocycles. The van der Waals surface area contributed by atoms with Crippen LogP contribution in [-0.4, -0.2) is 30.9 Å². The summed E-state index contributed by atoms with van der Waals surface area (Å²) >= 11 is 0. The lowest BCUT2D eigenvalue weighted by atomic mass is 10.2. The van der Waals surface area contributed by atoms with Crippen molar-refractivity contribution in [2.24, 2.45) is 0 Å². The summed E-state index contributed by atoms with van der Waals surface area (Å²) in [6, 6.07) is 15.1. The lowest BCUT2D eigenvalue weighted by molar-refractivity contribution is -0.116. The van der Waals surface area contributed by atoms with E-state index in [0.29, 0.717) is 29.7 Å². The molecule has 0 radical (unpaired) electrons. The van der Waals surface area contributed by atoms with Crippen LogP contribution in [0.5, 0.6) is 0 Å². The zero-order chi connectivity index (χ0) is 20.2. The molecule has 0 spiro atoms. The van der Waals surface area contributed by atoms with Gasteiger partial charge in [-0.05, 0) is 44.2 Å². The molecular formula is C21H20N6O2. The molecule has 0 aliphatic carbocycles. The molecule has 4 aromatic rings. The molecule has 8 nitrogen and oxygen atoms in total. The van der Waals surface area contributed by atoms with Crippen molar-refractivity contribution in [2.75, 3.05) is 5.32 Å². The Hall–Kier alpha value is -3.81. The second kappa shape index (κ2) is 8.05. The van der Waals surface area contributed by atoms with Crippen LogP contribution >= 0.6 is 0 Å². The van der Waals surface area contributed by atoms with E-state index in [0.717, 1.165) is 17.0 Å². The second-order valence-corrected chi connectivity index (χ2v) is 6.66. The average molecular weight is 388 g/mol. The minimum atomic E-state index is -0.148. The van der Waals surface area contributed by atoms with Gasteiger partial charge in [0.1, 0.15) is 0 Å². The fourth-order valence-electron chi connectivity index (χ4n) is 2.94. The molecule has 1 amide bonds. The fourth-order valence-corrected chi connectivity index (χ4v) is 2.94. The van der Waals surface area contributed by atoms with Crippen LogP contribution < -0.4 is 5.32 Å². The molecule has 0 saturated heterocycles. The van der Waals surface area contributed by atoms with Gasteiger partial charge in [-0.1, -0.05) is 18.2 Å². The molecule has 146 valence electrons. The van der Waals surface area contributed by atoms with Gasteiger partial charge in [-0.15, -0.1) is 10.2 Å². The second-order valence-electron chi connectivity index (χ2n) is 6.66. The van der Waals surface area contributed by atoms with Crippen molar-refractivity contribution in [2.45, 2.75) is 26.7 Å². The van der Waals surface area contributed by atoms with Crippen molar-refractivity contribution in [1.82, 2.24) is 25.0 Å². The molecule has 1 N–H and O–H groups in total. The van der Waals surface area contributed by atoms with Crippen LogP contribution in [0.15, 0.2) is 59.1 Å². The van der Waals surface area contributed by atoms with E-state index >= 15 is 0 Å². The number of anilines is 1. The van der Waals surface area contributed by atoms with E-state index < -0.39 is 0 Å². The SMILES string of the molecule is Cc1cc(C)n(-c2ccc(NC(=O)CCc3nnc(-c4ccccc4)o3)cn2)n1. The topological polar surface area (TPSA) is 98.7 Å². The summed E-state index contributed by atoms with van der Waals surface area (Å²) in [6.45, 7) is 3.91. The van der Waals surface area contributed by atoms with Crippen molar-refractivity contribution in [3.8, 4) is 17.3 Å². The summed E-state index contributed by atoms with van der Waals surface area (Å²) in [5.74, 6) is 1.43. The highest BCUT2D eigenvalue weighted by Crippen LogP contribution is 2.18. The highest BCUT2D eigenvalue weighted by Gasteiger charge is 2.11. The molecule has 0 unspecified atom stereocenters. The van der Waals surface area contributed by atoms with Gasteiger partial charge >= 0.3 is 0 Å². The molecule has 0 saturated carbocycles. The van der Waals surface area contributed by atoms with Gasteiger partial charge in [-0.2, -0.15) is 5.10 Å². The third-order valence-electron chi connectivity index (χ3n) is 4.31. The van der Waals surface area contributed by atoms with E-state index in [4.69, 9.17) is 4.42 Å². The summed E-state index contributed by atoms with van der Waals surface area (Å²) in [7, 11) is 0. The third kappa shape index (κ3) is 4.37. The molecule has 4 rings (SSSR count). The van der Waals surface area contributed by atoms with Crippen molar-refractivity contribution >= 4 is 11.6 Å². The summed E-state index contributed by atoms with van der Waals surface area (Å²) in [5, 5.41) is 15.3. The predicted molar refractivity (Wildman–Crippen MR) is 108 cm³/mol. The molecule has 0 aliphatic heterocycles. The maximum absolute atomic E-state index is 12.2. The smallest absolute Gasteiger partial charge is 0.247 e. The number of amides is 1. The first-order valence-electron chi connectivity index (χ1n) is 9.26. The van der Waals surface area contributed by atoms with Gasteiger partial charge in [-0.25, -0.2) is 9.67 Å². The summed E-state index contributed by atoms with van der Waals surface area (Å²) in [6.07, 6.45) is 2.21. The molecule has 29 heavy (non-hydrogen) atoms. The minimum absolute atomic E-state index is 0.148. The lowest BCUT2D eigenvalue weighted by Crippen LogP contribution is -2.13. The lowest BCUT2D eigenvalue weighted by Gasteiger charge is -2.06. The predicted octanol–water partition coefficient (Wildman–Crippen LogP) is 3.51. The van der Waals surface area contributed by atoms with Crippen molar-refractivity contribution < 1.29 is 9.21 Å². The maximum atomic E-state index is 12.2. The molecule has 0 bridgehead atoms. The van der Waals surface area contributed by atoms with Crippen LogP contribution in [0, 0.1) is 13.8 Å². The number of rotatable bonds is 6. The van der Waals surface area contributed by atoms with Crippen LogP contribution in [0.2, 0.25) is 0 Å². The van der Waals surface area contributed by atoms with Crippen LogP contribution in [0.25, 0.3) is 17.3 Å². The maximum Gasteiger partial charge on any atom is 0.247 e. The molecule has 0 aliphatic rings. The molecule has 3 aromatic heterocycles. The van der Waals surface area contributed by atoms with E-state index in [1.165, 1.54) is 0 Å². The first-order chi connectivity index (χ1) is 14.1. The Morgan fingerprint density at radius 2 is 1.93 bits per heavy atom. The number of hydrogen-bond donors (Lipinski definition) is 1. The molecule has 0 fully saturated rings. The summed E-state index contributed by atoms with van der Waals surface area (Å²) in [5.41, 5.74) is 3.40. The quantitative estimate of drug-likeness (QED) is 0.543. The number of aryl methyl sites for hydroxylation is 3. The Kier molecular flexibility index (Phi) is 5.15. The van der Waals surface area contributed by atoms with Gasteiger partial charge in [0.2, 0.25) is 17.7 Å². The van der Waals surface area contributed by atoms with Crippen LogP contribution in [0.3, 0.4) is 0 Å². The largest absolute Gasteiger partial charge is 0.421 e. The van der Waals surface area contributed by atoms with Crippen LogP contribution in [-0.2, 0) is 11.2 Å². The van der Waals surface area contributed by atoms with E-state index in [-0.39, 0.29) is 12.3 Å². The number of aromatic nitrogens is 5. The summed E-state index contributed by atoms with van der Waals surface area (Å²) < 4.78 is 7.39. The van der Waals surface area contributed by atoms with Gasteiger partial charge < -0.3 is 9.73 Å². The third-order valence-corrected chi connectivity index (χ3v) is 4.31. The Balaban J connectivity index is 1.33. The normalized spacial score (nSPS) is 10.8. The first-order valence-corrected chi connectivity index (χ1v) is 9.26. The highest BCUT2D eigenvalue weighted by molar-refractivity contribution is 5.90. The summed E-state index contributed by atoms with van der Waals surface area (Å²) in [4.78, 5) is 16.6. The van der Waals surface area contributed by atoms with Crippen molar-refractivity contribution in [1.29, 1.82) is 0 Å².